The molecule has 1 aromatic carbocycles. The average Bonchev–Trinajstić information content (AvgIpc) is 3.29. The molecule has 0 saturated carbocycles. The highest BCUT2D eigenvalue weighted by atomic mass is 32.1. The molecule has 0 unspecified atom stereocenters. The summed E-state index contributed by atoms with van der Waals surface area (Å²) < 4.78 is 0. The van der Waals surface area contributed by atoms with Crippen LogP contribution in [0.15, 0.2) is 60.2 Å². The Morgan fingerprint density at radius 2 is 1.94 bits per heavy atom. The second-order valence-electron chi connectivity index (χ2n) is 7.64. The second-order valence-corrected chi connectivity index (χ2v) is 8.58. The van der Waals surface area contributed by atoms with Crippen LogP contribution < -0.4 is 5.32 Å². The molecule has 8 nitrogen and oxygen atoms in total. The van der Waals surface area contributed by atoms with Crippen molar-refractivity contribution in [1.82, 2.24) is 19.8 Å². The highest BCUT2D eigenvalue weighted by Crippen LogP contribution is 2.18. The molecule has 0 aliphatic rings. The number of benzene rings is 1. The molecule has 0 aliphatic heterocycles. The summed E-state index contributed by atoms with van der Waals surface area (Å²) in [5.41, 5.74) is 1.90. The lowest BCUT2D eigenvalue weighted by Crippen LogP contribution is -2.39. The first-order valence-electron chi connectivity index (χ1n) is 10.6. The average molecular weight is 463 g/mol. The molecule has 0 bridgehead atoms. The summed E-state index contributed by atoms with van der Waals surface area (Å²) in [5, 5.41) is 14.2. The zero-order valence-corrected chi connectivity index (χ0v) is 19.5. The van der Waals surface area contributed by atoms with Crippen molar-refractivity contribution >= 4 is 29.0 Å². The Labute approximate surface area is 197 Å². The second kappa shape index (κ2) is 11.7. The lowest BCUT2D eigenvalue weighted by molar-refractivity contribution is 0.0741. The smallest absolute Gasteiger partial charge is 0.322 e. The minimum atomic E-state index is -0.249. The van der Waals surface area contributed by atoms with Gasteiger partial charge in [0.15, 0.2) is 0 Å². The van der Waals surface area contributed by atoms with Gasteiger partial charge in [-0.1, -0.05) is 24.3 Å². The molecule has 0 atom stereocenters. The summed E-state index contributed by atoms with van der Waals surface area (Å²) in [6.45, 7) is 4.80. The Hall–Kier alpha value is -3.77. The van der Waals surface area contributed by atoms with E-state index in [1.165, 1.54) is 11.3 Å². The highest BCUT2D eigenvalue weighted by molar-refractivity contribution is 7.09. The van der Waals surface area contributed by atoms with E-state index in [1.54, 1.807) is 27.6 Å². The minimum Gasteiger partial charge on any atom is -0.332 e. The van der Waals surface area contributed by atoms with Crippen molar-refractivity contribution < 1.29 is 9.59 Å². The molecular formula is C24H26N6O2S. The lowest BCUT2D eigenvalue weighted by atomic mass is 10.2. The van der Waals surface area contributed by atoms with Crippen LogP contribution in [0, 0.1) is 11.3 Å². The molecule has 2 aromatic heterocycles. The molecule has 9 heteroatoms. The monoisotopic (exact) mass is 462 g/mol. The number of nitrogens with one attached hydrogen (secondary N) is 1. The fraction of sp³-hybridized carbons (Fsp3) is 0.292. The number of carbonyl (C=O) groups is 2. The molecule has 3 amide bonds. The molecule has 0 aliphatic carbocycles. The maximum atomic E-state index is 13.1. The molecule has 33 heavy (non-hydrogen) atoms. The zero-order valence-electron chi connectivity index (χ0n) is 18.6. The van der Waals surface area contributed by atoms with Crippen LogP contribution in [0.25, 0.3) is 0 Å². The Balaban J connectivity index is 1.70. The molecule has 0 saturated heterocycles. The number of amides is 3. The van der Waals surface area contributed by atoms with E-state index in [0.29, 0.717) is 29.5 Å². The van der Waals surface area contributed by atoms with E-state index in [4.69, 9.17) is 5.26 Å². The van der Waals surface area contributed by atoms with Crippen LogP contribution >= 0.6 is 11.3 Å². The fourth-order valence-electron chi connectivity index (χ4n) is 3.14. The first kappa shape index (κ1) is 23.9. The van der Waals surface area contributed by atoms with Gasteiger partial charge >= 0.3 is 6.03 Å². The largest absolute Gasteiger partial charge is 0.332 e. The maximum absolute atomic E-state index is 13.1. The van der Waals surface area contributed by atoms with E-state index in [0.717, 1.165) is 5.56 Å². The first-order valence-corrected chi connectivity index (χ1v) is 11.5. The number of thiazole rings is 1. The molecule has 0 spiro atoms. The van der Waals surface area contributed by atoms with Crippen molar-refractivity contribution in [3.63, 3.8) is 0 Å². The summed E-state index contributed by atoms with van der Waals surface area (Å²) in [6, 6.07) is 14.8. The van der Waals surface area contributed by atoms with E-state index in [9.17, 15) is 9.59 Å². The number of hydrogen-bond acceptors (Lipinski definition) is 6. The number of nitriles is 1. The van der Waals surface area contributed by atoms with Crippen molar-refractivity contribution in [3.05, 3.63) is 76.5 Å². The number of anilines is 1. The van der Waals surface area contributed by atoms with Gasteiger partial charge in [-0.15, -0.1) is 11.3 Å². The van der Waals surface area contributed by atoms with Gasteiger partial charge in [-0.3, -0.25) is 9.78 Å². The maximum Gasteiger partial charge on any atom is 0.322 e. The van der Waals surface area contributed by atoms with Gasteiger partial charge in [0.2, 0.25) is 0 Å². The minimum absolute atomic E-state index is 0.0607. The molecule has 0 fully saturated rings. The highest BCUT2D eigenvalue weighted by Gasteiger charge is 2.22. The Morgan fingerprint density at radius 1 is 1.15 bits per heavy atom. The number of aromatic nitrogens is 2. The van der Waals surface area contributed by atoms with Gasteiger partial charge in [0.25, 0.3) is 5.91 Å². The number of carbonyl (C=O) groups excluding carboxylic acids is 2. The van der Waals surface area contributed by atoms with E-state index in [-0.39, 0.29) is 30.9 Å². The lowest BCUT2D eigenvalue weighted by Gasteiger charge is -2.26. The van der Waals surface area contributed by atoms with Gasteiger partial charge in [-0.2, -0.15) is 5.26 Å². The van der Waals surface area contributed by atoms with Crippen LogP contribution in [-0.4, -0.2) is 44.3 Å². The van der Waals surface area contributed by atoms with Crippen LogP contribution in [0.5, 0.6) is 0 Å². The van der Waals surface area contributed by atoms with Crippen molar-refractivity contribution in [2.75, 3.05) is 11.9 Å². The van der Waals surface area contributed by atoms with Crippen molar-refractivity contribution in [2.45, 2.75) is 39.4 Å². The topological polar surface area (TPSA) is 102 Å². The van der Waals surface area contributed by atoms with Crippen molar-refractivity contribution in [2.24, 2.45) is 0 Å². The molecular weight excluding hydrogens is 436 g/mol. The third-order valence-corrected chi connectivity index (χ3v) is 5.70. The predicted octanol–water partition coefficient (Wildman–Crippen LogP) is 4.54. The number of urea groups is 1. The van der Waals surface area contributed by atoms with Crippen molar-refractivity contribution in [1.29, 1.82) is 5.26 Å². The van der Waals surface area contributed by atoms with Gasteiger partial charge in [0, 0.05) is 42.6 Å². The Bertz CT molecular complexity index is 1090. The SMILES string of the molecule is CC(C)N(Cc1nc(C(=O)N(CCC#N)Cc2cccnc2)cs1)C(=O)Nc1ccccc1. The van der Waals surface area contributed by atoms with Gasteiger partial charge in [0.05, 0.1) is 19.0 Å². The molecule has 1 N–H and O–H groups in total. The van der Waals surface area contributed by atoms with Crippen LogP contribution in [0.2, 0.25) is 0 Å². The van der Waals surface area contributed by atoms with Gasteiger partial charge in [-0.05, 0) is 37.6 Å². The van der Waals surface area contributed by atoms with Crippen molar-refractivity contribution in [3.8, 4) is 6.07 Å². The van der Waals surface area contributed by atoms with Crippen LogP contribution in [0.1, 0.15) is 41.3 Å². The van der Waals surface area contributed by atoms with Gasteiger partial charge in [-0.25, -0.2) is 9.78 Å². The summed E-state index contributed by atoms with van der Waals surface area (Å²) in [7, 11) is 0. The molecule has 170 valence electrons. The predicted molar refractivity (Wildman–Crippen MR) is 127 cm³/mol. The third kappa shape index (κ3) is 6.85. The normalized spacial score (nSPS) is 10.5. The molecule has 0 radical (unpaired) electrons. The summed E-state index contributed by atoms with van der Waals surface area (Å²) in [6.07, 6.45) is 3.60. The van der Waals surface area contributed by atoms with Crippen LogP contribution in [0.4, 0.5) is 10.5 Å². The molecule has 3 rings (SSSR count). The summed E-state index contributed by atoms with van der Waals surface area (Å²) in [4.78, 5) is 37.8. The van der Waals surface area contributed by atoms with Gasteiger partial charge < -0.3 is 15.1 Å². The van der Waals surface area contributed by atoms with Crippen LogP contribution in [0.3, 0.4) is 0 Å². The standard InChI is InChI=1S/C24H26N6O2S/c1-18(2)30(24(32)27-20-9-4-3-5-10-20)16-22-28-21(17-33-22)23(31)29(13-7-11-25)15-19-8-6-12-26-14-19/h3-6,8-10,12,14,17-18H,7,13,15-16H2,1-2H3,(H,27,32). The van der Waals surface area contributed by atoms with Gasteiger partial charge in [0.1, 0.15) is 10.7 Å². The number of nitrogens with zero attached hydrogens (tertiary/aromatic N) is 5. The quantitative estimate of drug-likeness (QED) is 0.503. The molecule has 3 aromatic rings. The van der Waals surface area contributed by atoms with E-state index >= 15 is 0 Å². The fourth-order valence-corrected chi connectivity index (χ4v) is 3.91. The van der Waals surface area contributed by atoms with E-state index < -0.39 is 0 Å². The number of para-hydroxylation sites is 1. The Kier molecular flexibility index (Phi) is 8.49. The molecule has 2 heterocycles. The third-order valence-electron chi connectivity index (χ3n) is 4.86. The summed E-state index contributed by atoms with van der Waals surface area (Å²) >= 11 is 1.34. The number of hydrogen-bond donors (Lipinski definition) is 1. The van der Waals surface area contributed by atoms with E-state index in [2.05, 4.69) is 21.4 Å². The summed E-state index contributed by atoms with van der Waals surface area (Å²) in [5.74, 6) is -0.249. The van der Waals surface area contributed by atoms with E-state index in [1.807, 2.05) is 56.3 Å². The number of rotatable bonds is 9. The number of pyridine rings is 1. The zero-order chi connectivity index (χ0) is 23.6. The van der Waals surface area contributed by atoms with Crippen LogP contribution in [-0.2, 0) is 13.1 Å². The Morgan fingerprint density at radius 3 is 2.61 bits per heavy atom. The first-order chi connectivity index (χ1) is 16.0.